The lowest BCUT2D eigenvalue weighted by molar-refractivity contribution is 0.922. The molecule has 0 unspecified atom stereocenters. The summed E-state index contributed by atoms with van der Waals surface area (Å²) in [6.45, 7) is 10.9. The number of hydrogen-bond donors (Lipinski definition) is 1. The van der Waals surface area contributed by atoms with Gasteiger partial charge in [0.2, 0.25) is 0 Å². The molecule has 0 atom stereocenters. The first-order valence-corrected chi connectivity index (χ1v) is 3.23. The van der Waals surface area contributed by atoms with Gasteiger partial charge in [0, 0.05) is 11.6 Å². The van der Waals surface area contributed by atoms with Gasteiger partial charge in [-0.05, 0) is 12.8 Å². The van der Waals surface area contributed by atoms with Crippen LogP contribution in [0.4, 0.5) is 0 Å². The Balaban J connectivity index is 3.83. The summed E-state index contributed by atoms with van der Waals surface area (Å²) in [5.74, 6) is 1.10. The Morgan fingerprint density at radius 2 is 1.60 bits per heavy atom. The SMILES string of the molecule is C=CC[C](CC=C)C(=C)N. The fraction of sp³-hybridized carbons (Fsp3) is 0.222. The van der Waals surface area contributed by atoms with Gasteiger partial charge in [0.15, 0.2) is 0 Å². The summed E-state index contributed by atoms with van der Waals surface area (Å²) in [7, 11) is 0. The Bertz CT molecular complexity index is 126. The Hall–Kier alpha value is -0.980. The maximum Gasteiger partial charge on any atom is 0.0277 e. The lowest BCUT2D eigenvalue weighted by Crippen LogP contribution is -2.06. The van der Waals surface area contributed by atoms with E-state index in [4.69, 9.17) is 5.73 Å². The normalized spacial score (nSPS) is 9.30. The highest BCUT2D eigenvalue weighted by atomic mass is 14.6. The van der Waals surface area contributed by atoms with Crippen molar-refractivity contribution in [2.24, 2.45) is 5.73 Å². The Kier molecular flexibility index (Phi) is 4.38. The van der Waals surface area contributed by atoms with Gasteiger partial charge in [0.1, 0.15) is 0 Å². The van der Waals surface area contributed by atoms with Crippen molar-refractivity contribution in [3.05, 3.63) is 43.5 Å². The molecule has 55 valence electrons. The molecule has 1 heteroatoms. The molecule has 0 amide bonds. The summed E-state index contributed by atoms with van der Waals surface area (Å²) in [5.41, 5.74) is 6.12. The molecular weight excluding hydrogens is 122 g/mol. The molecule has 0 saturated heterocycles. The Labute approximate surface area is 62.9 Å². The highest BCUT2D eigenvalue weighted by Crippen LogP contribution is 2.16. The van der Waals surface area contributed by atoms with Gasteiger partial charge in [0.05, 0.1) is 0 Å². The summed E-state index contributed by atoms with van der Waals surface area (Å²) in [6, 6.07) is 0. The average molecular weight is 136 g/mol. The number of allylic oxidation sites excluding steroid dienone is 3. The van der Waals surface area contributed by atoms with E-state index in [1.165, 1.54) is 0 Å². The molecule has 0 heterocycles. The van der Waals surface area contributed by atoms with E-state index in [1.54, 1.807) is 0 Å². The molecule has 0 aromatic heterocycles. The van der Waals surface area contributed by atoms with Gasteiger partial charge in [-0.2, -0.15) is 0 Å². The lowest BCUT2D eigenvalue weighted by Gasteiger charge is -2.09. The second-order valence-electron chi connectivity index (χ2n) is 2.11. The first-order chi connectivity index (χ1) is 4.72. The molecule has 0 rings (SSSR count). The molecule has 0 aliphatic carbocycles. The molecule has 1 nitrogen and oxygen atoms in total. The summed E-state index contributed by atoms with van der Waals surface area (Å²) < 4.78 is 0. The highest BCUT2D eigenvalue weighted by molar-refractivity contribution is 5.21. The quantitative estimate of drug-likeness (QED) is 0.576. The van der Waals surface area contributed by atoms with E-state index in [-0.39, 0.29) is 0 Å². The molecule has 10 heavy (non-hydrogen) atoms. The maximum absolute atomic E-state index is 5.48. The highest BCUT2D eigenvalue weighted by Gasteiger charge is 2.05. The summed E-state index contributed by atoms with van der Waals surface area (Å²) in [5, 5.41) is 0. The molecule has 2 N–H and O–H groups in total. The van der Waals surface area contributed by atoms with Crippen molar-refractivity contribution >= 4 is 0 Å². The molecule has 1 radical (unpaired) electrons. The molecule has 0 aromatic carbocycles. The average Bonchev–Trinajstić information content (AvgIpc) is 1.87. The summed E-state index contributed by atoms with van der Waals surface area (Å²) in [4.78, 5) is 0. The van der Waals surface area contributed by atoms with E-state index in [2.05, 4.69) is 19.7 Å². The standard InChI is InChI=1S/C9H14N/c1-4-6-9(7-5-2)8(3)10/h4-5H,1-3,6-7,10H2. The molecule has 0 fully saturated rings. The first-order valence-electron chi connectivity index (χ1n) is 3.23. The predicted octanol–water partition coefficient (Wildman–Crippen LogP) is 2.19. The Morgan fingerprint density at radius 3 is 1.80 bits per heavy atom. The van der Waals surface area contributed by atoms with Crippen molar-refractivity contribution in [2.75, 3.05) is 0 Å². The van der Waals surface area contributed by atoms with Crippen LogP contribution < -0.4 is 5.73 Å². The van der Waals surface area contributed by atoms with Crippen LogP contribution in [0.15, 0.2) is 37.6 Å². The first kappa shape index (κ1) is 9.02. The van der Waals surface area contributed by atoms with E-state index in [1.807, 2.05) is 12.2 Å². The number of rotatable bonds is 5. The van der Waals surface area contributed by atoms with Crippen molar-refractivity contribution < 1.29 is 0 Å². The minimum absolute atomic E-state index is 0.639. The van der Waals surface area contributed by atoms with Gasteiger partial charge in [-0.15, -0.1) is 13.2 Å². The molecule has 0 spiro atoms. The van der Waals surface area contributed by atoms with Crippen LogP contribution in [0.1, 0.15) is 12.8 Å². The van der Waals surface area contributed by atoms with Crippen LogP contribution in [0.3, 0.4) is 0 Å². The summed E-state index contributed by atoms with van der Waals surface area (Å²) in [6.07, 6.45) is 5.25. The monoisotopic (exact) mass is 136 g/mol. The van der Waals surface area contributed by atoms with Crippen LogP contribution in [0.2, 0.25) is 0 Å². The lowest BCUT2D eigenvalue weighted by atomic mass is 9.99. The van der Waals surface area contributed by atoms with Crippen LogP contribution >= 0.6 is 0 Å². The van der Waals surface area contributed by atoms with Gasteiger partial charge >= 0.3 is 0 Å². The molecule has 0 aliphatic rings. The molecule has 0 aliphatic heterocycles. The molecule has 0 aromatic rings. The van der Waals surface area contributed by atoms with Crippen molar-refractivity contribution in [3.63, 3.8) is 0 Å². The van der Waals surface area contributed by atoms with Crippen molar-refractivity contribution in [1.29, 1.82) is 0 Å². The molecule has 0 bridgehead atoms. The summed E-state index contributed by atoms with van der Waals surface area (Å²) >= 11 is 0. The molecular formula is C9H14N. The third-order valence-electron chi connectivity index (χ3n) is 1.24. The van der Waals surface area contributed by atoms with E-state index in [9.17, 15) is 0 Å². The van der Waals surface area contributed by atoms with Crippen molar-refractivity contribution in [3.8, 4) is 0 Å². The van der Waals surface area contributed by atoms with E-state index >= 15 is 0 Å². The van der Waals surface area contributed by atoms with Crippen molar-refractivity contribution in [1.82, 2.24) is 0 Å². The van der Waals surface area contributed by atoms with Gasteiger partial charge < -0.3 is 5.73 Å². The minimum Gasteiger partial charge on any atom is -0.402 e. The fourth-order valence-corrected chi connectivity index (χ4v) is 0.694. The van der Waals surface area contributed by atoms with Crippen LogP contribution in [0.25, 0.3) is 0 Å². The van der Waals surface area contributed by atoms with Gasteiger partial charge in [-0.1, -0.05) is 18.7 Å². The minimum atomic E-state index is 0.639. The van der Waals surface area contributed by atoms with E-state index < -0.39 is 0 Å². The zero-order valence-corrected chi connectivity index (χ0v) is 6.27. The zero-order valence-electron chi connectivity index (χ0n) is 6.27. The second-order valence-corrected chi connectivity index (χ2v) is 2.11. The largest absolute Gasteiger partial charge is 0.402 e. The Morgan fingerprint density at radius 1 is 1.20 bits per heavy atom. The molecule has 0 saturated carbocycles. The number of nitrogens with two attached hydrogens (primary N) is 1. The van der Waals surface area contributed by atoms with E-state index in [0.717, 1.165) is 18.8 Å². The van der Waals surface area contributed by atoms with Gasteiger partial charge in [0.25, 0.3) is 0 Å². The van der Waals surface area contributed by atoms with Crippen LogP contribution in [0.5, 0.6) is 0 Å². The van der Waals surface area contributed by atoms with Crippen LogP contribution in [0, 0.1) is 5.92 Å². The fourth-order valence-electron chi connectivity index (χ4n) is 0.694. The smallest absolute Gasteiger partial charge is 0.0277 e. The predicted molar refractivity (Wildman–Crippen MR) is 46.2 cm³/mol. The topological polar surface area (TPSA) is 26.0 Å². The maximum atomic E-state index is 5.48. The number of hydrogen-bond acceptors (Lipinski definition) is 1. The van der Waals surface area contributed by atoms with Crippen LogP contribution in [-0.4, -0.2) is 0 Å². The van der Waals surface area contributed by atoms with Crippen molar-refractivity contribution in [2.45, 2.75) is 12.8 Å². The van der Waals surface area contributed by atoms with Gasteiger partial charge in [-0.25, -0.2) is 0 Å². The zero-order chi connectivity index (χ0) is 7.98. The van der Waals surface area contributed by atoms with Crippen LogP contribution in [-0.2, 0) is 0 Å². The van der Waals surface area contributed by atoms with Gasteiger partial charge in [-0.3, -0.25) is 0 Å². The third-order valence-corrected chi connectivity index (χ3v) is 1.24. The second kappa shape index (κ2) is 4.86. The third kappa shape index (κ3) is 3.13. The van der Waals surface area contributed by atoms with E-state index in [0.29, 0.717) is 5.70 Å².